The third-order valence-electron chi connectivity index (χ3n) is 3.07. The first-order chi connectivity index (χ1) is 7.90. The maximum atomic E-state index is 12.1. The van der Waals surface area contributed by atoms with Crippen molar-refractivity contribution in [3.05, 3.63) is 28.5 Å². The van der Waals surface area contributed by atoms with Crippen LogP contribution in [0.1, 0.15) is 31.3 Å². The highest BCUT2D eigenvalue weighted by Gasteiger charge is 2.29. The third-order valence-corrected chi connectivity index (χ3v) is 3.71. The predicted octanol–water partition coefficient (Wildman–Crippen LogP) is 1.95. The molecule has 4 nitrogen and oxygen atoms in total. The first kappa shape index (κ1) is 14.1. The molecule has 94 valence electrons. The Morgan fingerprint density at radius 3 is 2.76 bits per heavy atom. The van der Waals surface area contributed by atoms with Gasteiger partial charge in [-0.2, -0.15) is 0 Å². The molecule has 17 heavy (non-hydrogen) atoms. The van der Waals surface area contributed by atoms with Crippen molar-refractivity contribution in [1.29, 1.82) is 0 Å². The van der Waals surface area contributed by atoms with Crippen molar-refractivity contribution in [2.75, 3.05) is 6.54 Å². The highest BCUT2D eigenvalue weighted by Crippen LogP contribution is 2.18. The minimum absolute atomic E-state index is 0.209. The van der Waals surface area contributed by atoms with E-state index in [0.29, 0.717) is 16.7 Å². The number of pyridine rings is 1. The summed E-state index contributed by atoms with van der Waals surface area (Å²) in [7, 11) is 0. The topological polar surface area (TPSA) is 68.0 Å². The number of hydrogen-bond donors (Lipinski definition) is 2. The highest BCUT2D eigenvalue weighted by atomic mass is 79.9. The molecule has 0 aliphatic rings. The molecule has 1 rings (SSSR count). The number of carbonyl (C=O) groups excluding carboxylic acids is 1. The molecule has 5 heteroatoms. The minimum atomic E-state index is -0.423. The average molecular weight is 300 g/mol. The normalized spacial score (nSPS) is 14.5. The van der Waals surface area contributed by atoms with Gasteiger partial charge < -0.3 is 11.1 Å². The summed E-state index contributed by atoms with van der Waals surface area (Å²) in [5.74, 6) is 0.0399. The largest absolute Gasteiger partial charge is 0.344 e. The van der Waals surface area contributed by atoms with E-state index in [4.69, 9.17) is 5.73 Å². The first-order valence-electron chi connectivity index (χ1n) is 5.54. The number of hydrogen-bond acceptors (Lipinski definition) is 3. The quantitative estimate of drug-likeness (QED) is 0.893. The van der Waals surface area contributed by atoms with Crippen LogP contribution in [-0.4, -0.2) is 23.0 Å². The average Bonchev–Trinajstić information content (AvgIpc) is 2.29. The van der Waals surface area contributed by atoms with E-state index >= 15 is 0 Å². The summed E-state index contributed by atoms with van der Waals surface area (Å²) in [5.41, 5.74) is 5.69. The zero-order valence-corrected chi connectivity index (χ0v) is 11.9. The van der Waals surface area contributed by atoms with Crippen LogP contribution in [0.4, 0.5) is 0 Å². The van der Waals surface area contributed by atoms with E-state index < -0.39 is 5.54 Å². The summed E-state index contributed by atoms with van der Waals surface area (Å²) in [4.78, 5) is 16.1. The van der Waals surface area contributed by atoms with E-state index in [-0.39, 0.29) is 11.8 Å². The van der Waals surface area contributed by atoms with Crippen molar-refractivity contribution in [2.24, 2.45) is 11.7 Å². The smallest absolute Gasteiger partial charge is 0.271 e. The number of amides is 1. The van der Waals surface area contributed by atoms with Gasteiger partial charge >= 0.3 is 0 Å². The summed E-state index contributed by atoms with van der Waals surface area (Å²) in [6.07, 6.45) is 1.59. The number of aromatic nitrogens is 1. The van der Waals surface area contributed by atoms with Gasteiger partial charge in [-0.1, -0.05) is 13.8 Å². The van der Waals surface area contributed by atoms with Crippen LogP contribution in [0.2, 0.25) is 0 Å². The lowest BCUT2D eigenvalue weighted by Gasteiger charge is -2.33. The van der Waals surface area contributed by atoms with Crippen molar-refractivity contribution in [1.82, 2.24) is 10.3 Å². The molecular weight excluding hydrogens is 282 g/mol. The van der Waals surface area contributed by atoms with Gasteiger partial charge in [-0.05, 0) is 40.9 Å². The second kappa shape index (κ2) is 5.60. The fraction of sp³-hybridized carbons (Fsp3) is 0.500. The van der Waals surface area contributed by atoms with Gasteiger partial charge in [0.15, 0.2) is 0 Å². The van der Waals surface area contributed by atoms with Crippen LogP contribution < -0.4 is 11.1 Å². The third kappa shape index (κ3) is 3.26. The molecule has 1 amide bonds. The van der Waals surface area contributed by atoms with Crippen LogP contribution in [0.3, 0.4) is 0 Å². The minimum Gasteiger partial charge on any atom is -0.344 e. The molecule has 0 bridgehead atoms. The van der Waals surface area contributed by atoms with Crippen molar-refractivity contribution in [3.63, 3.8) is 0 Å². The van der Waals surface area contributed by atoms with E-state index in [1.807, 2.05) is 20.8 Å². The molecule has 1 atom stereocenters. The van der Waals surface area contributed by atoms with Gasteiger partial charge in [0.1, 0.15) is 5.69 Å². The van der Waals surface area contributed by atoms with Gasteiger partial charge in [0.2, 0.25) is 0 Å². The lowest BCUT2D eigenvalue weighted by atomic mass is 9.88. The van der Waals surface area contributed by atoms with Gasteiger partial charge in [0.25, 0.3) is 5.91 Å². The number of nitrogens with one attached hydrogen (secondary N) is 1. The molecular formula is C12H18BrN3O. The van der Waals surface area contributed by atoms with Crippen LogP contribution in [0.5, 0.6) is 0 Å². The van der Waals surface area contributed by atoms with E-state index in [0.717, 1.165) is 0 Å². The second-order valence-corrected chi connectivity index (χ2v) is 5.42. The van der Waals surface area contributed by atoms with Crippen LogP contribution in [0, 0.1) is 5.92 Å². The number of rotatable bonds is 4. The number of carbonyl (C=O) groups is 1. The molecule has 1 aromatic heterocycles. The molecule has 3 N–H and O–H groups in total. The second-order valence-electron chi connectivity index (χ2n) is 4.56. The van der Waals surface area contributed by atoms with Gasteiger partial charge in [-0.25, -0.2) is 4.98 Å². The first-order valence-corrected chi connectivity index (χ1v) is 6.33. The van der Waals surface area contributed by atoms with Gasteiger partial charge in [0, 0.05) is 17.2 Å². The molecule has 1 heterocycles. The van der Waals surface area contributed by atoms with Crippen LogP contribution >= 0.6 is 15.9 Å². The monoisotopic (exact) mass is 299 g/mol. The molecule has 0 radical (unpaired) electrons. The SMILES string of the molecule is CC(C)C(C)(CN)NC(=O)c1ncccc1Br. The Morgan fingerprint density at radius 1 is 1.65 bits per heavy atom. The Morgan fingerprint density at radius 2 is 2.29 bits per heavy atom. The Bertz CT molecular complexity index is 408. The van der Waals surface area contributed by atoms with Crippen LogP contribution in [0.25, 0.3) is 0 Å². The maximum Gasteiger partial charge on any atom is 0.271 e. The zero-order chi connectivity index (χ0) is 13.1. The summed E-state index contributed by atoms with van der Waals surface area (Å²) in [6.45, 7) is 6.38. The van der Waals surface area contributed by atoms with Gasteiger partial charge in [0.05, 0.1) is 5.54 Å². The fourth-order valence-electron chi connectivity index (χ4n) is 1.30. The van der Waals surface area contributed by atoms with Crippen molar-refractivity contribution in [2.45, 2.75) is 26.3 Å². The molecule has 1 aromatic rings. The molecule has 0 fully saturated rings. The van der Waals surface area contributed by atoms with Crippen molar-refractivity contribution >= 4 is 21.8 Å². The Kier molecular flexibility index (Phi) is 4.65. The van der Waals surface area contributed by atoms with E-state index in [2.05, 4.69) is 26.2 Å². The van der Waals surface area contributed by atoms with Gasteiger partial charge in [-0.3, -0.25) is 4.79 Å². The van der Waals surface area contributed by atoms with E-state index in [1.54, 1.807) is 18.3 Å². The Hall–Kier alpha value is -0.940. The predicted molar refractivity (Wildman–Crippen MR) is 71.7 cm³/mol. The Balaban J connectivity index is 2.90. The summed E-state index contributed by atoms with van der Waals surface area (Å²) in [6, 6.07) is 3.56. The molecule has 0 spiro atoms. The summed E-state index contributed by atoms with van der Waals surface area (Å²) < 4.78 is 0.681. The van der Waals surface area contributed by atoms with E-state index in [1.165, 1.54) is 0 Å². The van der Waals surface area contributed by atoms with Crippen molar-refractivity contribution in [3.8, 4) is 0 Å². The zero-order valence-electron chi connectivity index (χ0n) is 10.3. The number of halogens is 1. The summed E-state index contributed by atoms with van der Waals surface area (Å²) >= 11 is 3.31. The number of nitrogens with zero attached hydrogens (tertiary/aromatic N) is 1. The molecule has 1 unspecified atom stereocenters. The molecule has 0 aliphatic heterocycles. The van der Waals surface area contributed by atoms with E-state index in [9.17, 15) is 4.79 Å². The highest BCUT2D eigenvalue weighted by molar-refractivity contribution is 9.10. The van der Waals surface area contributed by atoms with Crippen LogP contribution in [0.15, 0.2) is 22.8 Å². The standard InChI is InChI=1S/C12H18BrN3O/c1-8(2)12(3,7-14)16-11(17)10-9(13)5-4-6-15-10/h4-6,8H,7,14H2,1-3H3,(H,16,17). The lowest BCUT2D eigenvalue weighted by Crippen LogP contribution is -2.55. The number of nitrogens with two attached hydrogens (primary N) is 1. The van der Waals surface area contributed by atoms with Crippen molar-refractivity contribution < 1.29 is 4.79 Å². The Labute approximate surface area is 110 Å². The molecule has 0 saturated carbocycles. The summed E-state index contributed by atoms with van der Waals surface area (Å²) in [5, 5.41) is 2.94. The van der Waals surface area contributed by atoms with Crippen LogP contribution in [-0.2, 0) is 0 Å². The molecule has 0 aliphatic carbocycles. The molecule has 0 saturated heterocycles. The molecule has 0 aromatic carbocycles. The maximum absolute atomic E-state index is 12.1. The van der Waals surface area contributed by atoms with Gasteiger partial charge in [-0.15, -0.1) is 0 Å². The lowest BCUT2D eigenvalue weighted by molar-refractivity contribution is 0.0877. The fourth-order valence-corrected chi connectivity index (χ4v) is 1.74.